The van der Waals surface area contributed by atoms with Crippen LogP contribution in [0.15, 0.2) is 77.9 Å². The van der Waals surface area contributed by atoms with E-state index in [2.05, 4.69) is 58.3 Å². The van der Waals surface area contributed by atoms with E-state index in [1.165, 1.54) is 11.1 Å². The van der Waals surface area contributed by atoms with Crippen molar-refractivity contribution in [3.05, 3.63) is 100 Å². The number of nitrogens with one attached hydrogen (secondary N) is 1. The molecule has 1 atom stereocenters. The Bertz CT molecular complexity index is 1110. The number of fused-ring (bicyclic) bond motifs is 1. The van der Waals surface area contributed by atoms with E-state index >= 15 is 0 Å². The number of aromatic nitrogens is 3. The minimum Gasteiger partial charge on any atom is -0.486 e. The Kier molecular flexibility index (Phi) is 4.66. The fourth-order valence-electron chi connectivity index (χ4n) is 3.05. The quantitative estimate of drug-likeness (QED) is 0.585. The number of hydrogen-bond donors (Lipinski definition) is 1. The van der Waals surface area contributed by atoms with Crippen LogP contribution < -0.4 is 10.3 Å². The van der Waals surface area contributed by atoms with Gasteiger partial charge in [0.25, 0.3) is 5.56 Å². The zero-order valence-electron chi connectivity index (χ0n) is 14.9. The molecule has 0 bridgehead atoms. The van der Waals surface area contributed by atoms with Gasteiger partial charge in [0.2, 0.25) is 0 Å². The molecule has 134 valence electrons. The lowest BCUT2D eigenvalue weighted by molar-refractivity contribution is 0.296. The lowest BCUT2D eigenvalue weighted by Gasteiger charge is -2.13. The summed E-state index contributed by atoms with van der Waals surface area (Å²) in [6.07, 6.45) is 3.15. The zero-order chi connectivity index (χ0) is 18.6. The number of ether oxygens (including phenoxy) is 1. The first kappa shape index (κ1) is 17.0. The Morgan fingerprint density at radius 1 is 1.00 bits per heavy atom. The van der Waals surface area contributed by atoms with Gasteiger partial charge in [0, 0.05) is 12.1 Å². The van der Waals surface area contributed by atoms with Crippen molar-refractivity contribution >= 4 is 10.9 Å². The third-order valence-electron chi connectivity index (χ3n) is 4.61. The molecule has 0 spiro atoms. The van der Waals surface area contributed by atoms with Crippen LogP contribution in [-0.4, -0.2) is 15.0 Å². The smallest absolute Gasteiger partial charge is 0.258 e. The second-order valence-electron chi connectivity index (χ2n) is 6.40. The first-order valence-electron chi connectivity index (χ1n) is 8.81. The van der Waals surface area contributed by atoms with E-state index in [1.807, 2.05) is 18.2 Å². The molecule has 0 fully saturated rings. The highest BCUT2D eigenvalue weighted by molar-refractivity contribution is 5.75. The highest BCUT2D eigenvalue weighted by Gasteiger charge is 2.08. The zero-order valence-corrected chi connectivity index (χ0v) is 14.9. The normalized spacial score (nSPS) is 12.0. The van der Waals surface area contributed by atoms with E-state index < -0.39 is 0 Å². The number of pyridine rings is 1. The van der Waals surface area contributed by atoms with Crippen LogP contribution in [0.2, 0.25) is 0 Å². The maximum absolute atomic E-state index is 12.1. The van der Waals surface area contributed by atoms with Gasteiger partial charge in [-0.05, 0) is 29.3 Å². The van der Waals surface area contributed by atoms with Crippen LogP contribution in [0.5, 0.6) is 5.75 Å². The summed E-state index contributed by atoms with van der Waals surface area (Å²) in [5.41, 5.74) is 2.87. The minimum atomic E-state index is -0.187. The van der Waals surface area contributed by atoms with Gasteiger partial charge in [-0.3, -0.25) is 9.78 Å². The van der Waals surface area contributed by atoms with E-state index in [4.69, 9.17) is 4.74 Å². The topological polar surface area (TPSA) is 67.9 Å². The lowest BCUT2D eigenvalue weighted by atomic mass is 9.93. The van der Waals surface area contributed by atoms with Gasteiger partial charge in [-0.15, -0.1) is 0 Å². The van der Waals surface area contributed by atoms with Gasteiger partial charge < -0.3 is 9.72 Å². The molecular weight excluding hydrogens is 338 g/mol. The molecule has 4 aromatic rings. The predicted octanol–water partition coefficient (Wildman–Crippen LogP) is 4.05. The molecular formula is C22H19N3O2. The average molecular weight is 357 g/mol. The Morgan fingerprint density at radius 2 is 1.74 bits per heavy atom. The van der Waals surface area contributed by atoms with Crippen LogP contribution in [0.4, 0.5) is 0 Å². The molecule has 0 radical (unpaired) electrons. The summed E-state index contributed by atoms with van der Waals surface area (Å²) in [5, 5.41) is 0.521. The number of hydrogen-bond acceptors (Lipinski definition) is 4. The highest BCUT2D eigenvalue weighted by Crippen LogP contribution is 2.25. The number of rotatable bonds is 5. The SMILES string of the molecule is CC(c1ccccc1)c1ccc(OCc2nc3cnccc3c(=O)[nH]2)cc1. The molecule has 1 unspecified atom stereocenters. The largest absolute Gasteiger partial charge is 0.486 e. The van der Waals surface area contributed by atoms with E-state index in [0.29, 0.717) is 22.6 Å². The van der Waals surface area contributed by atoms with Crippen molar-refractivity contribution in [1.82, 2.24) is 15.0 Å². The molecule has 2 aromatic heterocycles. The van der Waals surface area contributed by atoms with Crippen molar-refractivity contribution in [3.8, 4) is 5.75 Å². The van der Waals surface area contributed by atoms with Crippen molar-refractivity contribution in [2.24, 2.45) is 0 Å². The van der Waals surface area contributed by atoms with Crippen molar-refractivity contribution in [2.45, 2.75) is 19.4 Å². The van der Waals surface area contributed by atoms with E-state index in [0.717, 1.165) is 5.75 Å². The number of aromatic amines is 1. The molecule has 4 rings (SSSR count). The molecule has 0 aliphatic carbocycles. The van der Waals surface area contributed by atoms with Crippen LogP contribution in [0.1, 0.15) is 29.8 Å². The molecule has 5 heteroatoms. The maximum atomic E-state index is 12.1. The van der Waals surface area contributed by atoms with Gasteiger partial charge >= 0.3 is 0 Å². The van der Waals surface area contributed by atoms with Crippen LogP contribution in [-0.2, 0) is 6.61 Å². The Balaban J connectivity index is 1.47. The van der Waals surface area contributed by atoms with Gasteiger partial charge in [-0.2, -0.15) is 0 Å². The number of nitrogens with zero attached hydrogens (tertiary/aromatic N) is 2. The van der Waals surface area contributed by atoms with Gasteiger partial charge in [-0.1, -0.05) is 49.4 Å². The first-order chi connectivity index (χ1) is 13.2. The first-order valence-corrected chi connectivity index (χ1v) is 8.81. The molecule has 2 heterocycles. The van der Waals surface area contributed by atoms with Gasteiger partial charge in [0.1, 0.15) is 18.2 Å². The summed E-state index contributed by atoms with van der Waals surface area (Å²) >= 11 is 0. The van der Waals surface area contributed by atoms with Gasteiger partial charge in [0.05, 0.1) is 17.1 Å². The third kappa shape index (κ3) is 3.72. The van der Waals surface area contributed by atoms with Crippen molar-refractivity contribution in [3.63, 3.8) is 0 Å². The molecule has 0 saturated carbocycles. The van der Waals surface area contributed by atoms with Crippen LogP contribution in [0, 0.1) is 0 Å². The second kappa shape index (κ2) is 7.41. The Hall–Kier alpha value is -3.47. The molecule has 2 aromatic carbocycles. The van der Waals surface area contributed by atoms with Crippen LogP contribution >= 0.6 is 0 Å². The van der Waals surface area contributed by atoms with E-state index in [-0.39, 0.29) is 12.2 Å². The molecule has 0 saturated heterocycles. The summed E-state index contributed by atoms with van der Waals surface area (Å²) < 4.78 is 5.78. The molecule has 1 N–H and O–H groups in total. The fraction of sp³-hybridized carbons (Fsp3) is 0.136. The number of benzene rings is 2. The monoisotopic (exact) mass is 357 g/mol. The lowest BCUT2D eigenvalue weighted by Crippen LogP contribution is -2.13. The second-order valence-corrected chi connectivity index (χ2v) is 6.40. The van der Waals surface area contributed by atoms with Crippen molar-refractivity contribution < 1.29 is 4.74 Å². The summed E-state index contributed by atoms with van der Waals surface area (Å²) in [5.74, 6) is 1.52. The fourth-order valence-corrected chi connectivity index (χ4v) is 3.05. The summed E-state index contributed by atoms with van der Waals surface area (Å²) in [6, 6.07) is 20.0. The average Bonchev–Trinajstić information content (AvgIpc) is 2.73. The Morgan fingerprint density at radius 3 is 2.52 bits per heavy atom. The minimum absolute atomic E-state index is 0.187. The number of H-pyrrole nitrogens is 1. The van der Waals surface area contributed by atoms with Crippen LogP contribution in [0.3, 0.4) is 0 Å². The van der Waals surface area contributed by atoms with E-state index in [1.54, 1.807) is 18.5 Å². The molecule has 0 aliphatic heterocycles. The van der Waals surface area contributed by atoms with Gasteiger partial charge in [-0.25, -0.2) is 4.98 Å². The van der Waals surface area contributed by atoms with Crippen molar-refractivity contribution in [1.29, 1.82) is 0 Å². The molecule has 0 aliphatic rings. The molecule has 5 nitrogen and oxygen atoms in total. The molecule has 27 heavy (non-hydrogen) atoms. The van der Waals surface area contributed by atoms with Crippen LogP contribution in [0.25, 0.3) is 10.9 Å². The highest BCUT2D eigenvalue weighted by atomic mass is 16.5. The standard InChI is InChI=1S/C22H19N3O2/c1-15(16-5-3-2-4-6-16)17-7-9-18(10-8-17)27-14-21-24-20-13-23-12-11-19(20)22(26)25-21/h2-13,15H,14H2,1H3,(H,24,25,26). The van der Waals surface area contributed by atoms with E-state index in [9.17, 15) is 4.79 Å². The summed E-state index contributed by atoms with van der Waals surface area (Å²) in [4.78, 5) is 23.2. The predicted molar refractivity (Wildman–Crippen MR) is 105 cm³/mol. The summed E-state index contributed by atoms with van der Waals surface area (Å²) in [7, 11) is 0. The maximum Gasteiger partial charge on any atom is 0.258 e. The third-order valence-corrected chi connectivity index (χ3v) is 4.61. The van der Waals surface area contributed by atoms with Crippen molar-refractivity contribution in [2.75, 3.05) is 0 Å². The van der Waals surface area contributed by atoms with Gasteiger partial charge in [0.15, 0.2) is 0 Å². The molecule has 0 amide bonds. The Labute approximate surface area is 156 Å². The summed E-state index contributed by atoms with van der Waals surface area (Å²) in [6.45, 7) is 2.37.